The Bertz CT molecular complexity index is 1330. The third kappa shape index (κ3) is 5.71. The van der Waals surface area contributed by atoms with Crippen molar-refractivity contribution < 1.29 is 9.59 Å². The van der Waals surface area contributed by atoms with E-state index < -0.39 is 11.2 Å². The molecule has 0 aromatic heterocycles. The average Bonchev–Trinajstić information content (AvgIpc) is 3.17. The van der Waals surface area contributed by atoms with E-state index in [1.54, 1.807) is 30.3 Å². The lowest BCUT2D eigenvalue weighted by atomic mass is 10.1. The van der Waals surface area contributed by atoms with Crippen LogP contribution in [0, 0.1) is 18.3 Å². The highest BCUT2D eigenvalue weighted by Crippen LogP contribution is 2.42. The molecule has 5 nitrogen and oxygen atoms in total. The largest absolute Gasteiger partial charge is 0.347 e. The molecule has 1 atom stereocenters. The molecule has 0 radical (unpaired) electrons. The number of halogens is 2. The highest BCUT2D eigenvalue weighted by Gasteiger charge is 2.41. The number of nitrogens with zero attached hydrogens (tertiary/aromatic N) is 2. The highest BCUT2D eigenvalue weighted by molar-refractivity contribution is 8.05. The van der Waals surface area contributed by atoms with Gasteiger partial charge in [0, 0.05) is 22.3 Å². The molecule has 1 saturated heterocycles. The van der Waals surface area contributed by atoms with Crippen molar-refractivity contribution >= 4 is 52.5 Å². The van der Waals surface area contributed by atoms with E-state index in [0.717, 1.165) is 16.7 Å². The van der Waals surface area contributed by atoms with Gasteiger partial charge in [0.2, 0.25) is 5.91 Å². The highest BCUT2D eigenvalue weighted by atomic mass is 35.5. The van der Waals surface area contributed by atoms with Crippen LogP contribution < -0.4 is 10.2 Å². The summed E-state index contributed by atoms with van der Waals surface area (Å²) in [5.74, 6) is -0.765. The molecule has 0 spiro atoms. The smallest absolute Gasteiger partial charge is 0.264 e. The number of carbonyl (C=O) groups is 2. The van der Waals surface area contributed by atoms with Gasteiger partial charge in [-0.15, -0.1) is 0 Å². The fourth-order valence-corrected chi connectivity index (χ4v) is 5.37. The van der Waals surface area contributed by atoms with E-state index in [2.05, 4.69) is 5.32 Å². The van der Waals surface area contributed by atoms with Gasteiger partial charge in [-0.3, -0.25) is 14.5 Å². The lowest BCUT2D eigenvalue weighted by molar-refractivity contribution is -0.117. The van der Waals surface area contributed by atoms with Crippen molar-refractivity contribution in [2.24, 2.45) is 0 Å². The van der Waals surface area contributed by atoms with E-state index in [1.165, 1.54) is 16.7 Å². The number of benzene rings is 3. The number of carbonyl (C=O) groups excluding carboxylic acids is 2. The van der Waals surface area contributed by atoms with Crippen molar-refractivity contribution in [3.63, 3.8) is 0 Å². The number of rotatable bonds is 6. The maximum Gasteiger partial charge on any atom is 0.264 e. The Labute approximate surface area is 218 Å². The number of anilines is 1. The molecule has 3 aromatic carbocycles. The molecule has 1 aliphatic heterocycles. The number of nitriles is 1. The summed E-state index contributed by atoms with van der Waals surface area (Å²) in [7, 11) is 0. The minimum atomic E-state index is -0.576. The van der Waals surface area contributed by atoms with Crippen LogP contribution in [-0.2, 0) is 22.6 Å². The van der Waals surface area contributed by atoms with Crippen LogP contribution in [0.4, 0.5) is 5.69 Å². The topological polar surface area (TPSA) is 73.2 Å². The summed E-state index contributed by atoms with van der Waals surface area (Å²) in [6.45, 7) is 2.21. The van der Waals surface area contributed by atoms with E-state index in [1.807, 2.05) is 55.5 Å². The first-order valence-corrected chi connectivity index (χ1v) is 12.5. The number of aryl methyl sites for hydroxylation is 1. The van der Waals surface area contributed by atoms with Gasteiger partial charge in [0.05, 0.1) is 5.25 Å². The van der Waals surface area contributed by atoms with Crippen molar-refractivity contribution in [3.8, 4) is 6.07 Å². The van der Waals surface area contributed by atoms with Gasteiger partial charge in [0.15, 0.2) is 0 Å². The van der Waals surface area contributed by atoms with Gasteiger partial charge in [-0.1, -0.05) is 83.0 Å². The molecule has 0 bridgehead atoms. The molecule has 0 saturated carbocycles. The molecular formula is C27H21Cl2N3O2S. The van der Waals surface area contributed by atoms with E-state index in [4.69, 9.17) is 23.2 Å². The third-order valence-electron chi connectivity index (χ3n) is 5.51. The second-order valence-electron chi connectivity index (χ2n) is 8.02. The predicted octanol–water partition coefficient (Wildman–Crippen LogP) is 6.04. The molecule has 1 aliphatic rings. The Morgan fingerprint density at radius 1 is 1.09 bits per heavy atom. The Kier molecular flexibility index (Phi) is 7.82. The second-order valence-corrected chi connectivity index (χ2v) is 10.1. The summed E-state index contributed by atoms with van der Waals surface area (Å²) in [4.78, 5) is 28.1. The molecule has 1 fully saturated rings. The van der Waals surface area contributed by atoms with Crippen LogP contribution in [0.1, 0.15) is 16.7 Å². The van der Waals surface area contributed by atoms with Gasteiger partial charge < -0.3 is 5.32 Å². The van der Waals surface area contributed by atoms with Crippen molar-refractivity contribution in [1.82, 2.24) is 5.32 Å². The molecule has 176 valence electrons. The van der Waals surface area contributed by atoms with Gasteiger partial charge in [0.25, 0.3) is 5.91 Å². The van der Waals surface area contributed by atoms with Crippen LogP contribution in [0.3, 0.4) is 0 Å². The Balaban J connectivity index is 1.69. The van der Waals surface area contributed by atoms with Gasteiger partial charge in [-0.2, -0.15) is 5.26 Å². The first kappa shape index (κ1) is 24.9. The van der Waals surface area contributed by atoms with Crippen LogP contribution in [0.2, 0.25) is 10.0 Å². The Morgan fingerprint density at radius 3 is 2.49 bits per heavy atom. The predicted molar refractivity (Wildman–Crippen MR) is 141 cm³/mol. The van der Waals surface area contributed by atoms with E-state index in [0.29, 0.717) is 27.2 Å². The van der Waals surface area contributed by atoms with Gasteiger partial charge >= 0.3 is 0 Å². The summed E-state index contributed by atoms with van der Waals surface area (Å²) >= 11 is 13.7. The number of nitrogens with one attached hydrogen (secondary N) is 1. The summed E-state index contributed by atoms with van der Waals surface area (Å²) in [6, 6.07) is 23.9. The van der Waals surface area contributed by atoms with Gasteiger partial charge in [-0.05, 0) is 54.8 Å². The second kappa shape index (κ2) is 11.0. The van der Waals surface area contributed by atoms with Crippen LogP contribution >= 0.6 is 35.0 Å². The van der Waals surface area contributed by atoms with Gasteiger partial charge in [0.1, 0.15) is 16.7 Å². The van der Waals surface area contributed by atoms with E-state index in [9.17, 15) is 14.9 Å². The van der Waals surface area contributed by atoms with Crippen LogP contribution in [0.5, 0.6) is 0 Å². The molecule has 0 unspecified atom stereocenters. The molecule has 4 rings (SSSR count). The number of hydrogen-bond acceptors (Lipinski definition) is 4. The minimum Gasteiger partial charge on any atom is -0.347 e. The summed E-state index contributed by atoms with van der Waals surface area (Å²) in [5, 5.41) is 13.5. The molecular weight excluding hydrogens is 501 g/mol. The Hall–Kier alpha value is -3.24. The van der Waals surface area contributed by atoms with E-state index >= 15 is 0 Å². The Morgan fingerprint density at radius 2 is 1.80 bits per heavy atom. The maximum atomic E-state index is 13.6. The van der Waals surface area contributed by atoms with Crippen LogP contribution in [-0.4, -0.2) is 17.1 Å². The van der Waals surface area contributed by atoms with E-state index in [-0.39, 0.29) is 18.0 Å². The number of amides is 2. The SMILES string of the molecule is Cc1ccc(N2C(=O)[C@H](Cc3cc(Cl)ccc3Cl)S/C2=C(/C#N)C(=O)NCc2ccccc2)cc1. The molecule has 35 heavy (non-hydrogen) atoms. The fourth-order valence-electron chi connectivity index (χ4n) is 3.68. The molecule has 1 heterocycles. The standard InChI is InChI=1S/C27H21Cl2N3O2S/c1-17-7-10-21(11-8-17)32-26(34)24(14-19-13-20(28)9-12-23(19)29)35-27(32)22(15-30)25(33)31-16-18-5-3-2-4-6-18/h2-13,24H,14,16H2,1H3,(H,31,33)/b27-22-/t24-/m0/s1. The monoisotopic (exact) mass is 521 g/mol. The molecule has 3 aromatic rings. The quantitative estimate of drug-likeness (QED) is 0.316. The summed E-state index contributed by atoms with van der Waals surface area (Å²) in [5.41, 5.74) is 3.14. The lowest BCUT2D eigenvalue weighted by Crippen LogP contribution is -2.32. The third-order valence-corrected chi connectivity index (χ3v) is 7.37. The lowest BCUT2D eigenvalue weighted by Gasteiger charge is -2.19. The normalized spacial score (nSPS) is 16.7. The summed E-state index contributed by atoms with van der Waals surface area (Å²) < 4.78 is 0. The summed E-state index contributed by atoms with van der Waals surface area (Å²) in [6.07, 6.45) is 0.305. The van der Waals surface area contributed by atoms with Crippen molar-refractivity contribution in [2.75, 3.05) is 4.90 Å². The first-order chi connectivity index (χ1) is 16.9. The molecule has 1 N–H and O–H groups in total. The molecule has 2 amide bonds. The molecule has 8 heteroatoms. The van der Waals surface area contributed by atoms with Crippen molar-refractivity contribution in [2.45, 2.75) is 25.1 Å². The fraction of sp³-hybridized carbons (Fsp3) is 0.148. The zero-order chi connectivity index (χ0) is 24.9. The maximum absolute atomic E-state index is 13.6. The zero-order valence-corrected chi connectivity index (χ0v) is 21.1. The minimum absolute atomic E-state index is 0.112. The average molecular weight is 522 g/mol. The number of hydrogen-bond donors (Lipinski definition) is 1. The van der Waals surface area contributed by atoms with Crippen LogP contribution in [0.25, 0.3) is 0 Å². The van der Waals surface area contributed by atoms with Crippen molar-refractivity contribution in [1.29, 1.82) is 5.26 Å². The zero-order valence-electron chi connectivity index (χ0n) is 18.8. The van der Waals surface area contributed by atoms with Crippen molar-refractivity contribution in [3.05, 3.63) is 110 Å². The van der Waals surface area contributed by atoms with Gasteiger partial charge in [-0.25, -0.2) is 0 Å². The number of thioether (sulfide) groups is 1. The molecule has 0 aliphatic carbocycles. The van der Waals surface area contributed by atoms with Crippen LogP contribution in [0.15, 0.2) is 83.4 Å². The first-order valence-electron chi connectivity index (χ1n) is 10.8.